The maximum absolute atomic E-state index is 12.4. The molecule has 30 heavy (non-hydrogen) atoms. The SMILES string of the molecule is Cc1cc(C)c2c(OCC(=O)NC(C)c3cccc(NS(C)(=O)=O)c3)nn(C)c2n1. The third-order valence-corrected chi connectivity index (χ3v) is 5.10. The predicted octanol–water partition coefficient (Wildman–Crippen LogP) is 2.21. The molecule has 1 unspecified atom stereocenters. The molecule has 2 heterocycles. The Morgan fingerprint density at radius 3 is 2.70 bits per heavy atom. The summed E-state index contributed by atoms with van der Waals surface area (Å²) in [6.07, 6.45) is 1.09. The number of ether oxygens (including phenoxy) is 1. The zero-order valence-corrected chi connectivity index (χ0v) is 18.4. The maximum Gasteiger partial charge on any atom is 0.258 e. The highest BCUT2D eigenvalue weighted by molar-refractivity contribution is 7.92. The summed E-state index contributed by atoms with van der Waals surface area (Å²) in [6.45, 7) is 5.47. The molecule has 0 aliphatic rings. The Kier molecular flexibility index (Phi) is 5.97. The molecular weight excluding hydrogens is 406 g/mol. The van der Waals surface area contributed by atoms with Crippen LogP contribution in [0.1, 0.15) is 29.8 Å². The van der Waals surface area contributed by atoms with Crippen LogP contribution >= 0.6 is 0 Å². The van der Waals surface area contributed by atoms with E-state index in [1.807, 2.05) is 32.9 Å². The van der Waals surface area contributed by atoms with Crippen LogP contribution in [0.3, 0.4) is 0 Å². The van der Waals surface area contributed by atoms with Gasteiger partial charge in [-0.3, -0.25) is 9.52 Å². The fraction of sp³-hybridized carbons (Fsp3) is 0.350. The van der Waals surface area contributed by atoms with E-state index >= 15 is 0 Å². The summed E-state index contributed by atoms with van der Waals surface area (Å²) >= 11 is 0. The first-order valence-corrected chi connectivity index (χ1v) is 11.2. The normalized spacial score (nSPS) is 12.6. The molecule has 1 aromatic carbocycles. The molecule has 0 saturated carbocycles. The number of pyridine rings is 1. The van der Waals surface area contributed by atoms with E-state index in [4.69, 9.17) is 4.74 Å². The molecule has 0 radical (unpaired) electrons. The average molecular weight is 432 g/mol. The highest BCUT2D eigenvalue weighted by Crippen LogP contribution is 2.27. The molecule has 0 fully saturated rings. The molecule has 10 heteroatoms. The Morgan fingerprint density at radius 1 is 1.27 bits per heavy atom. The molecule has 3 rings (SSSR count). The van der Waals surface area contributed by atoms with Gasteiger partial charge in [-0.1, -0.05) is 12.1 Å². The number of carbonyl (C=O) groups is 1. The number of sulfonamides is 1. The van der Waals surface area contributed by atoms with Gasteiger partial charge in [-0.15, -0.1) is 5.10 Å². The fourth-order valence-electron chi connectivity index (χ4n) is 3.24. The highest BCUT2D eigenvalue weighted by Gasteiger charge is 2.17. The topological polar surface area (TPSA) is 115 Å². The first-order chi connectivity index (χ1) is 14.0. The van der Waals surface area contributed by atoms with Gasteiger partial charge in [-0.25, -0.2) is 18.1 Å². The number of rotatable bonds is 7. The first kappa shape index (κ1) is 21.6. The molecule has 0 saturated heterocycles. The van der Waals surface area contributed by atoms with E-state index in [9.17, 15) is 13.2 Å². The Balaban J connectivity index is 1.67. The van der Waals surface area contributed by atoms with Gasteiger partial charge in [0.1, 0.15) is 0 Å². The summed E-state index contributed by atoms with van der Waals surface area (Å²) in [6, 6.07) is 8.45. The van der Waals surface area contributed by atoms with Gasteiger partial charge in [0, 0.05) is 18.4 Å². The van der Waals surface area contributed by atoms with Gasteiger partial charge >= 0.3 is 0 Å². The molecule has 1 atom stereocenters. The summed E-state index contributed by atoms with van der Waals surface area (Å²) in [4.78, 5) is 16.9. The van der Waals surface area contributed by atoms with Crippen LogP contribution in [0.5, 0.6) is 5.88 Å². The number of benzene rings is 1. The monoisotopic (exact) mass is 431 g/mol. The molecule has 160 valence electrons. The van der Waals surface area contributed by atoms with Gasteiger partial charge in [0.25, 0.3) is 5.91 Å². The van der Waals surface area contributed by atoms with Crippen LogP contribution in [-0.2, 0) is 21.9 Å². The lowest BCUT2D eigenvalue weighted by Crippen LogP contribution is -2.31. The minimum atomic E-state index is -3.38. The van der Waals surface area contributed by atoms with Crippen LogP contribution < -0.4 is 14.8 Å². The largest absolute Gasteiger partial charge is 0.466 e. The zero-order chi connectivity index (χ0) is 22.1. The summed E-state index contributed by atoms with van der Waals surface area (Å²) in [5.74, 6) is 0.0418. The van der Waals surface area contributed by atoms with Crippen molar-refractivity contribution in [3.8, 4) is 5.88 Å². The number of hydrogen-bond donors (Lipinski definition) is 2. The molecule has 9 nitrogen and oxygen atoms in total. The smallest absolute Gasteiger partial charge is 0.258 e. The number of aryl methyl sites for hydroxylation is 3. The van der Waals surface area contributed by atoms with Crippen molar-refractivity contribution in [2.45, 2.75) is 26.8 Å². The first-order valence-electron chi connectivity index (χ1n) is 9.34. The highest BCUT2D eigenvalue weighted by atomic mass is 32.2. The predicted molar refractivity (Wildman–Crippen MR) is 115 cm³/mol. The van der Waals surface area contributed by atoms with Gasteiger partial charge in [-0.2, -0.15) is 0 Å². The van der Waals surface area contributed by atoms with E-state index in [2.05, 4.69) is 20.1 Å². The van der Waals surface area contributed by atoms with E-state index in [1.54, 1.807) is 29.9 Å². The van der Waals surface area contributed by atoms with Gasteiger partial charge in [0.15, 0.2) is 12.3 Å². The Labute approximate surface area is 175 Å². The van der Waals surface area contributed by atoms with Crippen molar-refractivity contribution >= 4 is 32.7 Å². The van der Waals surface area contributed by atoms with E-state index in [0.717, 1.165) is 28.5 Å². The van der Waals surface area contributed by atoms with Gasteiger partial charge in [0.05, 0.1) is 17.7 Å². The van der Waals surface area contributed by atoms with E-state index < -0.39 is 10.0 Å². The molecule has 3 aromatic rings. The van der Waals surface area contributed by atoms with Crippen molar-refractivity contribution in [1.82, 2.24) is 20.1 Å². The standard InChI is InChI=1S/C20H25N5O4S/c1-12-9-13(2)21-19-18(12)20(23-25(19)4)29-11-17(26)22-14(3)15-7-6-8-16(10-15)24-30(5,27)28/h6-10,14,24H,11H2,1-5H3,(H,22,26). The van der Waals surface area contributed by atoms with Crippen molar-refractivity contribution in [3.05, 3.63) is 47.2 Å². The molecule has 0 aliphatic heterocycles. The Morgan fingerprint density at radius 2 is 2.00 bits per heavy atom. The molecule has 0 aliphatic carbocycles. The Hall–Kier alpha value is -3.14. The van der Waals surface area contributed by atoms with Crippen molar-refractivity contribution in [1.29, 1.82) is 0 Å². The number of fused-ring (bicyclic) bond motifs is 1. The quantitative estimate of drug-likeness (QED) is 0.593. The number of anilines is 1. The van der Waals surface area contributed by atoms with Gasteiger partial charge < -0.3 is 10.1 Å². The van der Waals surface area contributed by atoms with Crippen LogP contribution in [0, 0.1) is 13.8 Å². The summed E-state index contributed by atoms with van der Waals surface area (Å²) < 4.78 is 32.5. The number of nitrogens with one attached hydrogen (secondary N) is 2. The molecule has 0 spiro atoms. The molecular formula is C20H25N5O4S. The lowest BCUT2D eigenvalue weighted by molar-refractivity contribution is -0.123. The number of aromatic nitrogens is 3. The van der Waals surface area contributed by atoms with Crippen molar-refractivity contribution in [2.24, 2.45) is 7.05 Å². The molecule has 1 amide bonds. The van der Waals surface area contributed by atoms with Crippen LogP contribution in [0.25, 0.3) is 11.0 Å². The van der Waals surface area contributed by atoms with E-state index in [1.165, 1.54) is 0 Å². The number of amides is 1. The molecule has 2 aromatic heterocycles. The second-order valence-electron chi connectivity index (χ2n) is 7.29. The number of carbonyl (C=O) groups excluding carboxylic acids is 1. The minimum absolute atomic E-state index is 0.203. The summed E-state index contributed by atoms with van der Waals surface area (Å²) in [5, 5.41) is 7.96. The lowest BCUT2D eigenvalue weighted by Gasteiger charge is -2.15. The van der Waals surface area contributed by atoms with Crippen molar-refractivity contribution < 1.29 is 17.9 Å². The zero-order valence-electron chi connectivity index (χ0n) is 17.6. The van der Waals surface area contributed by atoms with Crippen LogP contribution in [0.2, 0.25) is 0 Å². The maximum atomic E-state index is 12.4. The van der Waals surface area contributed by atoms with Crippen molar-refractivity contribution in [2.75, 3.05) is 17.6 Å². The Bertz CT molecular complexity index is 1200. The van der Waals surface area contributed by atoms with Crippen molar-refractivity contribution in [3.63, 3.8) is 0 Å². The summed E-state index contributed by atoms with van der Waals surface area (Å²) in [5.41, 5.74) is 3.76. The second kappa shape index (κ2) is 8.31. The van der Waals surface area contributed by atoms with E-state index in [-0.39, 0.29) is 18.6 Å². The summed E-state index contributed by atoms with van der Waals surface area (Å²) in [7, 11) is -1.60. The van der Waals surface area contributed by atoms with Gasteiger partial charge in [0.2, 0.25) is 15.9 Å². The van der Waals surface area contributed by atoms with Gasteiger partial charge in [-0.05, 0) is 50.1 Å². The average Bonchev–Trinajstić information content (AvgIpc) is 2.95. The fourth-order valence-corrected chi connectivity index (χ4v) is 3.79. The third-order valence-electron chi connectivity index (χ3n) is 4.49. The van der Waals surface area contributed by atoms with Crippen LogP contribution in [0.4, 0.5) is 5.69 Å². The minimum Gasteiger partial charge on any atom is -0.466 e. The lowest BCUT2D eigenvalue weighted by atomic mass is 10.1. The molecule has 2 N–H and O–H groups in total. The molecule has 0 bridgehead atoms. The van der Waals surface area contributed by atoms with E-state index in [0.29, 0.717) is 17.2 Å². The van der Waals surface area contributed by atoms with Crippen LogP contribution in [0.15, 0.2) is 30.3 Å². The number of nitrogens with zero attached hydrogens (tertiary/aromatic N) is 3. The third kappa shape index (κ3) is 5.07. The second-order valence-corrected chi connectivity index (χ2v) is 9.03. The number of hydrogen-bond acceptors (Lipinski definition) is 6. The van der Waals surface area contributed by atoms with Crippen LogP contribution in [-0.4, -0.2) is 42.0 Å².